The van der Waals surface area contributed by atoms with Gasteiger partial charge in [-0.1, -0.05) is 71.8 Å². The van der Waals surface area contributed by atoms with E-state index in [1.165, 1.54) is 28.9 Å². The summed E-state index contributed by atoms with van der Waals surface area (Å²) in [5.41, 5.74) is 4.04. The van der Waals surface area contributed by atoms with Crippen LogP contribution in [-0.4, -0.2) is 24.2 Å². The van der Waals surface area contributed by atoms with E-state index in [0.717, 1.165) is 29.5 Å². The molecule has 0 unspecified atom stereocenters. The molecule has 9 heteroatoms. The Kier molecular flexibility index (Phi) is 7.28. The van der Waals surface area contributed by atoms with Crippen molar-refractivity contribution in [1.82, 2.24) is 9.78 Å². The van der Waals surface area contributed by atoms with Crippen molar-refractivity contribution < 1.29 is 8.42 Å². The van der Waals surface area contributed by atoms with Gasteiger partial charge in [0.2, 0.25) is 5.96 Å². The molecule has 0 atom stereocenters. The molecule has 1 aliphatic carbocycles. The molecule has 1 N–H and O–H groups in total. The largest absolute Gasteiger partial charge is 0.324 e. The first-order valence-electron chi connectivity index (χ1n) is 11.5. The van der Waals surface area contributed by atoms with Crippen molar-refractivity contribution in [1.29, 1.82) is 0 Å². The molecule has 0 fully saturated rings. The van der Waals surface area contributed by atoms with E-state index in [4.69, 9.17) is 28.3 Å². The lowest BCUT2D eigenvalue weighted by molar-refractivity contribution is 0.597. The third-order valence-corrected chi connectivity index (χ3v) is 7.49. The van der Waals surface area contributed by atoms with Crippen LogP contribution >= 0.6 is 23.2 Å². The van der Waals surface area contributed by atoms with Crippen LogP contribution in [0.4, 0.5) is 5.69 Å². The molecule has 0 saturated heterocycles. The maximum absolute atomic E-state index is 13.3. The Labute approximate surface area is 225 Å². The summed E-state index contributed by atoms with van der Waals surface area (Å²) in [6.45, 7) is 0. The molecule has 1 aliphatic rings. The SMILES string of the molecule is O=S(=O)(N=C(Nc1ccccc1)n1cc(C2=CCCC=C2)c(-c2ccc(Cl)cc2)n1)c1ccc(Cl)cc1. The number of hydrogen-bond donors (Lipinski definition) is 1. The highest BCUT2D eigenvalue weighted by atomic mass is 35.5. The standard InChI is InChI=1S/C28H22Cl2N4O2S/c29-22-13-11-21(12-14-22)27-26(20-7-3-1-4-8-20)19-34(32-27)28(31-24-9-5-2-6-10-24)33-37(35,36)25-17-15-23(30)16-18-25/h2-3,5-19H,1,4H2,(H,31,33). The van der Waals surface area contributed by atoms with Crippen molar-refractivity contribution in [2.75, 3.05) is 5.32 Å². The van der Waals surface area contributed by atoms with E-state index in [9.17, 15) is 8.42 Å². The molecule has 0 radical (unpaired) electrons. The minimum Gasteiger partial charge on any atom is -0.324 e. The van der Waals surface area contributed by atoms with E-state index in [1.54, 1.807) is 18.3 Å². The third-order valence-electron chi connectivity index (χ3n) is 5.70. The molecule has 6 nitrogen and oxygen atoms in total. The van der Waals surface area contributed by atoms with Gasteiger partial charge in [-0.05, 0) is 66.9 Å². The van der Waals surface area contributed by atoms with Crippen LogP contribution in [0.15, 0.2) is 113 Å². The van der Waals surface area contributed by atoms with Crippen LogP contribution in [0, 0.1) is 0 Å². The zero-order chi connectivity index (χ0) is 25.8. The van der Waals surface area contributed by atoms with Crippen LogP contribution in [0.2, 0.25) is 10.0 Å². The van der Waals surface area contributed by atoms with Crippen molar-refractivity contribution >= 4 is 50.4 Å². The average Bonchev–Trinajstić information content (AvgIpc) is 3.36. The summed E-state index contributed by atoms with van der Waals surface area (Å²) in [7, 11) is -4.08. The number of hydrogen-bond acceptors (Lipinski definition) is 3. The van der Waals surface area contributed by atoms with E-state index >= 15 is 0 Å². The molecule has 0 bridgehead atoms. The molecular formula is C28H22Cl2N4O2S. The van der Waals surface area contributed by atoms with Crippen molar-refractivity contribution in [2.45, 2.75) is 17.7 Å². The number of rotatable bonds is 5. The summed E-state index contributed by atoms with van der Waals surface area (Å²) in [6, 6.07) is 22.5. The van der Waals surface area contributed by atoms with Crippen LogP contribution in [0.5, 0.6) is 0 Å². The zero-order valence-corrected chi connectivity index (χ0v) is 21.9. The van der Waals surface area contributed by atoms with E-state index in [1.807, 2.05) is 42.5 Å². The number of sulfonamides is 1. The van der Waals surface area contributed by atoms with Gasteiger partial charge in [0, 0.05) is 33.1 Å². The van der Waals surface area contributed by atoms with Gasteiger partial charge in [0.1, 0.15) is 5.69 Å². The molecule has 4 aromatic rings. The fourth-order valence-corrected chi connectivity index (χ4v) is 5.07. The second-order valence-electron chi connectivity index (χ2n) is 8.32. The Bertz CT molecular complexity index is 1610. The van der Waals surface area contributed by atoms with E-state index < -0.39 is 10.0 Å². The highest BCUT2D eigenvalue weighted by Gasteiger charge is 2.21. The molecule has 1 aromatic heterocycles. The Hall–Kier alpha value is -3.65. The van der Waals surface area contributed by atoms with Gasteiger partial charge in [-0.25, -0.2) is 4.68 Å². The molecule has 0 aliphatic heterocycles. The predicted octanol–water partition coefficient (Wildman–Crippen LogP) is 7.30. The van der Waals surface area contributed by atoms with Crippen molar-refractivity contribution in [3.05, 3.63) is 119 Å². The summed E-state index contributed by atoms with van der Waals surface area (Å²) in [5, 5.41) is 8.97. The van der Waals surface area contributed by atoms with Gasteiger partial charge < -0.3 is 5.32 Å². The molecule has 0 amide bonds. The van der Waals surface area contributed by atoms with Crippen LogP contribution in [-0.2, 0) is 10.0 Å². The zero-order valence-electron chi connectivity index (χ0n) is 19.6. The Morgan fingerprint density at radius 2 is 1.57 bits per heavy atom. The van der Waals surface area contributed by atoms with E-state index in [-0.39, 0.29) is 10.9 Å². The second-order valence-corrected chi connectivity index (χ2v) is 10.8. The fourth-order valence-electron chi connectivity index (χ4n) is 3.87. The van der Waals surface area contributed by atoms with Crippen molar-refractivity contribution in [2.24, 2.45) is 4.40 Å². The van der Waals surface area contributed by atoms with Crippen molar-refractivity contribution in [3.63, 3.8) is 0 Å². The maximum atomic E-state index is 13.3. The molecular weight excluding hydrogens is 527 g/mol. The summed E-state index contributed by atoms with van der Waals surface area (Å²) in [6.07, 6.45) is 9.97. The van der Waals surface area contributed by atoms with Crippen LogP contribution in [0.3, 0.4) is 0 Å². The molecule has 5 rings (SSSR count). The number of para-hydroxylation sites is 1. The summed E-state index contributed by atoms with van der Waals surface area (Å²) in [5.74, 6) is 0.0306. The Morgan fingerprint density at radius 1 is 0.892 bits per heavy atom. The first-order chi connectivity index (χ1) is 17.9. The molecule has 3 aromatic carbocycles. The number of aromatic nitrogens is 2. The number of halogens is 2. The first kappa shape index (κ1) is 25.0. The fraction of sp³-hybridized carbons (Fsp3) is 0.0714. The lowest BCUT2D eigenvalue weighted by atomic mass is 9.97. The minimum absolute atomic E-state index is 0.0208. The minimum atomic E-state index is -4.08. The molecule has 186 valence electrons. The highest BCUT2D eigenvalue weighted by molar-refractivity contribution is 7.90. The van der Waals surface area contributed by atoms with Gasteiger partial charge in [0.15, 0.2) is 0 Å². The number of benzene rings is 3. The summed E-state index contributed by atoms with van der Waals surface area (Å²) >= 11 is 12.1. The average molecular weight is 549 g/mol. The Balaban J connectivity index is 1.66. The molecule has 0 saturated carbocycles. The lowest BCUT2D eigenvalue weighted by Gasteiger charge is -2.10. The first-order valence-corrected chi connectivity index (χ1v) is 13.7. The number of nitrogens with zero attached hydrogens (tertiary/aromatic N) is 3. The van der Waals surface area contributed by atoms with E-state index in [2.05, 4.69) is 27.9 Å². The topological polar surface area (TPSA) is 76.3 Å². The number of nitrogens with one attached hydrogen (secondary N) is 1. The van der Waals surface area contributed by atoms with E-state index in [0.29, 0.717) is 21.4 Å². The van der Waals surface area contributed by atoms with Gasteiger partial charge in [0.05, 0.1) is 4.90 Å². The van der Waals surface area contributed by atoms with Crippen molar-refractivity contribution in [3.8, 4) is 11.3 Å². The Morgan fingerprint density at radius 3 is 2.22 bits per heavy atom. The van der Waals surface area contributed by atoms with Crippen LogP contribution in [0.1, 0.15) is 18.4 Å². The molecule has 37 heavy (non-hydrogen) atoms. The molecule has 1 heterocycles. The maximum Gasteiger partial charge on any atom is 0.285 e. The molecule has 0 spiro atoms. The summed E-state index contributed by atoms with van der Waals surface area (Å²) in [4.78, 5) is 0.0208. The monoisotopic (exact) mass is 548 g/mol. The number of anilines is 1. The predicted molar refractivity (Wildman–Crippen MR) is 151 cm³/mol. The van der Waals surface area contributed by atoms with Gasteiger partial charge in [-0.3, -0.25) is 0 Å². The normalized spacial score (nSPS) is 13.9. The highest BCUT2D eigenvalue weighted by Crippen LogP contribution is 2.31. The lowest BCUT2D eigenvalue weighted by Crippen LogP contribution is -2.24. The number of allylic oxidation sites excluding steroid dienone is 4. The van der Waals surface area contributed by atoms with Crippen LogP contribution in [0.25, 0.3) is 16.8 Å². The van der Waals surface area contributed by atoms with Gasteiger partial charge in [-0.15, -0.1) is 4.40 Å². The van der Waals surface area contributed by atoms with Crippen LogP contribution < -0.4 is 5.32 Å². The quantitative estimate of drug-likeness (QED) is 0.209. The smallest absolute Gasteiger partial charge is 0.285 e. The third kappa shape index (κ3) is 5.85. The summed E-state index contributed by atoms with van der Waals surface area (Å²) < 4.78 is 32.2. The van der Waals surface area contributed by atoms with Gasteiger partial charge in [-0.2, -0.15) is 13.5 Å². The van der Waals surface area contributed by atoms with Gasteiger partial charge in [0.25, 0.3) is 10.0 Å². The second kappa shape index (κ2) is 10.8. The van der Waals surface area contributed by atoms with Gasteiger partial charge >= 0.3 is 0 Å².